The lowest BCUT2D eigenvalue weighted by molar-refractivity contribution is -0.132. The lowest BCUT2D eigenvalue weighted by atomic mass is 9.98. The number of Topliss-reactive ketones (excluding diaryl/α,β-unsaturated/α-hetero) is 1. The molecule has 1 unspecified atom stereocenters. The Morgan fingerprint density at radius 2 is 1.81 bits per heavy atom. The van der Waals surface area contributed by atoms with Gasteiger partial charge in [0.05, 0.1) is 17.9 Å². The second-order valence-corrected chi connectivity index (χ2v) is 6.98. The van der Waals surface area contributed by atoms with Crippen molar-refractivity contribution < 1.29 is 28.2 Å². The quantitative estimate of drug-likeness (QED) is 0.365. The molecule has 1 amide bonds. The van der Waals surface area contributed by atoms with E-state index in [0.29, 0.717) is 12.4 Å². The summed E-state index contributed by atoms with van der Waals surface area (Å²) in [5.74, 6) is -4.04. The Balaban J connectivity index is 1.88. The van der Waals surface area contributed by atoms with E-state index in [1.165, 1.54) is 12.3 Å². The summed E-state index contributed by atoms with van der Waals surface area (Å²) >= 11 is 0. The molecule has 6 nitrogen and oxygen atoms in total. The molecule has 1 aromatic heterocycles. The number of ketones is 1. The third kappa shape index (κ3) is 3.71. The second kappa shape index (κ2) is 8.58. The number of aliphatic hydroxyl groups excluding tert-OH is 1. The van der Waals surface area contributed by atoms with Crippen LogP contribution in [0.4, 0.5) is 14.5 Å². The predicted octanol–water partition coefficient (Wildman–Crippen LogP) is 4.38. The van der Waals surface area contributed by atoms with Crippen LogP contribution in [0.1, 0.15) is 24.2 Å². The monoisotopic (exact) mass is 436 g/mol. The van der Waals surface area contributed by atoms with Gasteiger partial charge in [-0.3, -0.25) is 19.5 Å². The highest BCUT2D eigenvalue weighted by atomic mass is 19.2. The number of carbonyl (C=O) groups is 2. The molecule has 1 N–H and O–H groups in total. The summed E-state index contributed by atoms with van der Waals surface area (Å²) in [6.45, 7) is 2.30. The van der Waals surface area contributed by atoms with Gasteiger partial charge in [0, 0.05) is 23.5 Å². The van der Waals surface area contributed by atoms with Gasteiger partial charge in [-0.25, -0.2) is 8.78 Å². The molecular weight excluding hydrogens is 418 g/mol. The molecule has 1 atom stereocenters. The van der Waals surface area contributed by atoms with E-state index in [4.69, 9.17) is 4.74 Å². The minimum absolute atomic E-state index is 0.0348. The van der Waals surface area contributed by atoms with Crippen molar-refractivity contribution in [1.82, 2.24) is 4.98 Å². The fourth-order valence-corrected chi connectivity index (χ4v) is 3.58. The number of aliphatic hydroxyl groups is 1. The smallest absolute Gasteiger partial charge is 0.300 e. The summed E-state index contributed by atoms with van der Waals surface area (Å²) < 4.78 is 32.8. The topological polar surface area (TPSA) is 79.7 Å². The SMILES string of the molecule is CCOc1ccc(/C(O)=C2\C(=O)C(=O)N(c3ccc(F)c(F)c3)C2c2ccccn2)cc1. The van der Waals surface area contributed by atoms with Crippen LogP contribution in [0, 0.1) is 11.6 Å². The molecule has 8 heteroatoms. The molecule has 2 heterocycles. The third-order valence-electron chi connectivity index (χ3n) is 5.03. The van der Waals surface area contributed by atoms with Crippen LogP contribution in [0.5, 0.6) is 5.75 Å². The molecule has 0 spiro atoms. The van der Waals surface area contributed by atoms with E-state index in [1.54, 1.807) is 42.5 Å². The molecule has 2 aromatic carbocycles. The lowest BCUT2D eigenvalue weighted by Crippen LogP contribution is -2.30. The van der Waals surface area contributed by atoms with E-state index in [9.17, 15) is 23.5 Å². The van der Waals surface area contributed by atoms with Gasteiger partial charge in [0.25, 0.3) is 11.7 Å². The van der Waals surface area contributed by atoms with Gasteiger partial charge in [-0.1, -0.05) is 6.07 Å². The first kappa shape index (κ1) is 21.2. The van der Waals surface area contributed by atoms with E-state index < -0.39 is 35.1 Å². The Morgan fingerprint density at radius 3 is 2.44 bits per heavy atom. The molecule has 1 aliphatic rings. The summed E-state index contributed by atoms with van der Waals surface area (Å²) in [6.07, 6.45) is 1.47. The number of halogens is 2. The number of benzene rings is 2. The van der Waals surface area contributed by atoms with Crippen molar-refractivity contribution in [2.75, 3.05) is 11.5 Å². The molecule has 0 saturated carbocycles. The molecule has 1 fully saturated rings. The normalized spacial score (nSPS) is 17.6. The van der Waals surface area contributed by atoms with Gasteiger partial charge in [0.15, 0.2) is 11.6 Å². The molecule has 1 saturated heterocycles. The first-order chi connectivity index (χ1) is 15.4. The fraction of sp³-hybridized carbons (Fsp3) is 0.125. The average molecular weight is 436 g/mol. The summed E-state index contributed by atoms with van der Waals surface area (Å²) in [5.41, 5.74) is 0.330. The molecule has 32 heavy (non-hydrogen) atoms. The summed E-state index contributed by atoms with van der Waals surface area (Å²) in [5, 5.41) is 11.0. The molecule has 0 bridgehead atoms. The van der Waals surface area contributed by atoms with Gasteiger partial charge in [0.1, 0.15) is 17.6 Å². The average Bonchev–Trinajstić information content (AvgIpc) is 3.07. The Morgan fingerprint density at radius 1 is 1.06 bits per heavy atom. The Bertz CT molecular complexity index is 1210. The van der Waals surface area contributed by atoms with E-state index in [2.05, 4.69) is 4.98 Å². The highest BCUT2D eigenvalue weighted by Crippen LogP contribution is 2.41. The van der Waals surface area contributed by atoms with Crippen LogP contribution in [0.2, 0.25) is 0 Å². The number of ether oxygens (including phenoxy) is 1. The second-order valence-electron chi connectivity index (χ2n) is 6.98. The van der Waals surface area contributed by atoms with E-state index in [0.717, 1.165) is 17.0 Å². The number of hydrogen-bond acceptors (Lipinski definition) is 5. The van der Waals surface area contributed by atoms with Crippen LogP contribution < -0.4 is 9.64 Å². The Labute approximate surface area is 182 Å². The van der Waals surface area contributed by atoms with Crippen LogP contribution in [0.15, 0.2) is 72.4 Å². The number of amides is 1. The number of carbonyl (C=O) groups excluding carboxylic acids is 2. The number of hydrogen-bond donors (Lipinski definition) is 1. The van der Waals surface area contributed by atoms with E-state index in [1.807, 2.05) is 6.92 Å². The summed E-state index contributed by atoms with van der Waals surface area (Å²) in [4.78, 5) is 31.2. The summed E-state index contributed by atoms with van der Waals surface area (Å²) in [7, 11) is 0. The zero-order valence-electron chi connectivity index (χ0n) is 17.0. The van der Waals surface area contributed by atoms with Crippen molar-refractivity contribution in [2.45, 2.75) is 13.0 Å². The zero-order valence-corrected chi connectivity index (χ0v) is 17.0. The number of aromatic nitrogens is 1. The van der Waals surface area contributed by atoms with Crippen molar-refractivity contribution in [3.8, 4) is 5.75 Å². The highest BCUT2D eigenvalue weighted by molar-refractivity contribution is 6.51. The van der Waals surface area contributed by atoms with Gasteiger partial charge < -0.3 is 9.84 Å². The van der Waals surface area contributed by atoms with Crippen LogP contribution in [0.25, 0.3) is 5.76 Å². The molecule has 1 aliphatic heterocycles. The highest BCUT2D eigenvalue weighted by Gasteiger charge is 2.47. The number of pyridine rings is 1. The lowest BCUT2D eigenvalue weighted by Gasteiger charge is -2.24. The van der Waals surface area contributed by atoms with E-state index in [-0.39, 0.29) is 22.5 Å². The molecule has 162 valence electrons. The zero-order chi connectivity index (χ0) is 22.8. The van der Waals surface area contributed by atoms with Gasteiger partial charge in [-0.2, -0.15) is 0 Å². The third-order valence-corrected chi connectivity index (χ3v) is 5.03. The Kier molecular flexibility index (Phi) is 5.68. The van der Waals surface area contributed by atoms with Crippen LogP contribution in [0.3, 0.4) is 0 Å². The first-order valence-corrected chi connectivity index (χ1v) is 9.82. The first-order valence-electron chi connectivity index (χ1n) is 9.82. The van der Waals surface area contributed by atoms with Gasteiger partial charge in [-0.05, 0) is 55.5 Å². The van der Waals surface area contributed by atoms with Crippen molar-refractivity contribution in [2.24, 2.45) is 0 Å². The molecule has 4 rings (SSSR count). The minimum atomic E-state index is -1.17. The number of rotatable bonds is 5. The van der Waals surface area contributed by atoms with E-state index >= 15 is 0 Å². The van der Waals surface area contributed by atoms with Crippen LogP contribution in [-0.2, 0) is 9.59 Å². The van der Waals surface area contributed by atoms with Gasteiger partial charge in [-0.15, -0.1) is 0 Å². The standard InChI is InChI=1S/C24H18F2N2O4/c1-2-32-16-9-6-14(7-10-16)22(29)20-21(19-5-3-4-12-27-19)28(24(31)23(20)30)15-8-11-17(25)18(26)13-15/h3-13,21,29H,2H2,1H3/b22-20+. The van der Waals surface area contributed by atoms with Crippen molar-refractivity contribution in [1.29, 1.82) is 0 Å². The van der Waals surface area contributed by atoms with Crippen molar-refractivity contribution >= 4 is 23.1 Å². The largest absolute Gasteiger partial charge is 0.507 e. The molecule has 0 radical (unpaired) electrons. The van der Waals surface area contributed by atoms with Gasteiger partial charge >= 0.3 is 0 Å². The molecule has 3 aromatic rings. The molecular formula is C24H18F2N2O4. The maximum Gasteiger partial charge on any atom is 0.300 e. The van der Waals surface area contributed by atoms with Crippen LogP contribution >= 0.6 is 0 Å². The van der Waals surface area contributed by atoms with Gasteiger partial charge in [0.2, 0.25) is 0 Å². The van der Waals surface area contributed by atoms with Crippen LogP contribution in [-0.4, -0.2) is 28.4 Å². The fourth-order valence-electron chi connectivity index (χ4n) is 3.58. The molecule has 0 aliphatic carbocycles. The van der Waals surface area contributed by atoms with Crippen molar-refractivity contribution in [3.05, 3.63) is 95.3 Å². The predicted molar refractivity (Wildman–Crippen MR) is 113 cm³/mol. The maximum atomic E-state index is 13.9. The number of nitrogens with zero attached hydrogens (tertiary/aromatic N) is 2. The maximum absolute atomic E-state index is 13.9. The Hall–Kier alpha value is -4.07. The minimum Gasteiger partial charge on any atom is -0.507 e. The van der Waals surface area contributed by atoms with Crippen molar-refractivity contribution in [3.63, 3.8) is 0 Å². The summed E-state index contributed by atoms with van der Waals surface area (Å²) in [6, 6.07) is 13.0. The number of anilines is 1.